The number of carbonyl (C=O) groups is 2. The summed E-state index contributed by atoms with van der Waals surface area (Å²) in [5.74, 6) is -0.167. The van der Waals surface area contributed by atoms with Gasteiger partial charge in [-0.1, -0.05) is 6.92 Å². The van der Waals surface area contributed by atoms with Gasteiger partial charge in [0.2, 0.25) is 0 Å². The minimum atomic E-state index is -4.27. The Kier molecular flexibility index (Phi) is 10.2. The second kappa shape index (κ2) is 12.4. The van der Waals surface area contributed by atoms with E-state index in [2.05, 4.69) is 10.6 Å². The van der Waals surface area contributed by atoms with Crippen molar-refractivity contribution >= 4 is 17.6 Å². The molecule has 0 saturated heterocycles. The number of methoxy groups -OCH3 is 1. The van der Waals surface area contributed by atoms with Crippen LogP contribution in [0.1, 0.15) is 44.5 Å². The summed E-state index contributed by atoms with van der Waals surface area (Å²) in [6.07, 6.45) is -5.57. The average molecular weight is 503 g/mol. The number of ether oxygens (including phenoxy) is 2. The van der Waals surface area contributed by atoms with Gasteiger partial charge in [-0.25, -0.2) is 4.79 Å². The van der Waals surface area contributed by atoms with Crippen LogP contribution in [0.5, 0.6) is 5.75 Å². The molecule has 0 aliphatic carbocycles. The summed E-state index contributed by atoms with van der Waals surface area (Å²) < 4.78 is 50.5. The van der Waals surface area contributed by atoms with Crippen LogP contribution >= 0.6 is 0 Å². The summed E-state index contributed by atoms with van der Waals surface area (Å²) in [6, 6.07) is 3.90. The van der Waals surface area contributed by atoms with E-state index in [0.29, 0.717) is 17.8 Å². The SMILES string of the molecule is CO[C@H]1CN(C)C(=O)c2ccc(NC(=O)NC(C)C)cc2OC[C@@H](C)N(CCC(F)(F)F)C[C@H]1C. The van der Waals surface area contributed by atoms with Crippen LogP contribution < -0.4 is 15.4 Å². The number of carbonyl (C=O) groups excluding carboxylic acids is 2. The first kappa shape index (κ1) is 28.7. The molecule has 0 aromatic heterocycles. The number of urea groups is 1. The molecular formula is C24H37F3N4O4. The van der Waals surface area contributed by atoms with Gasteiger partial charge in [-0.3, -0.25) is 9.69 Å². The lowest BCUT2D eigenvalue weighted by atomic mass is 10.0. The van der Waals surface area contributed by atoms with Gasteiger partial charge in [0.1, 0.15) is 12.4 Å². The van der Waals surface area contributed by atoms with Crippen molar-refractivity contribution in [3.8, 4) is 5.75 Å². The largest absolute Gasteiger partial charge is 0.491 e. The van der Waals surface area contributed by atoms with Crippen molar-refractivity contribution in [1.29, 1.82) is 0 Å². The minimum absolute atomic E-state index is 0.0634. The number of alkyl halides is 3. The Bertz CT molecular complexity index is 866. The summed E-state index contributed by atoms with van der Waals surface area (Å²) in [5.41, 5.74) is 0.717. The number of fused-ring (bicyclic) bond motifs is 1. The second-order valence-corrected chi connectivity index (χ2v) is 9.42. The van der Waals surface area contributed by atoms with E-state index in [9.17, 15) is 22.8 Å². The number of amides is 3. The molecule has 198 valence electrons. The summed E-state index contributed by atoms with van der Waals surface area (Å²) >= 11 is 0. The van der Waals surface area contributed by atoms with Crippen LogP contribution in [0.25, 0.3) is 0 Å². The van der Waals surface area contributed by atoms with Gasteiger partial charge in [0.05, 0.1) is 18.1 Å². The normalized spacial score (nSPS) is 22.6. The highest BCUT2D eigenvalue weighted by Gasteiger charge is 2.32. The lowest BCUT2D eigenvalue weighted by molar-refractivity contribution is -0.140. The zero-order valence-corrected chi connectivity index (χ0v) is 21.2. The van der Waals surface area contributed by atoms with Crippen molar-refractivity contribution in [3.05, 3.63) is 23.8 Å². The van der Waals surface area contributed by atoms with Crippen molar-refractivity contribution in [2.75, 3.05) is 45.7 Å². The van der Waals surface area contributed by atoms with Crippen LogP contribution in [0.2, 0.25) is 0 Å². The molecule has 0 saturated carbocycles. The number of hydrogen-bond donors (Lipinski definition) is 2. The first-order valence-corrected chi connectivity index (χ1v) is 11.7. The van der Waals surface area contributed by atoms with Gasteiger partial charge in [-0.15, -0.1) is 0 Å². The Morgan fingerprint density at radius 2 is 1.94 bits per heavy atom. The Hall–Kier alpha value is -2.53. The zero-order valence-electron chi connectivity index (χ0n) is 21.2. The molecule has 2 rings (SSSR count). The number of likely N-dealkylation sites (N-methyl/N-ethyl adjacent to an activating group) is 1. The zero-order chi connectivity index (χ0) is 26.3. The molecule has 1 aromatic carbocycles. The molecule has 1 aliphatic heterocycles. The molecule has 3 atom stereocenters. The van der Waals surface area contributed by atoms with E-state index in [4.69, 9.17) is 9.47 Å². The fourth-order valence-corrected chi connectivity index (χ4v) is 3.94. The van der Waals surface area contributed by atoms with Crippen LogP contribution in [0.3, 0.4) is 0 Å². The highest BCUT2D eigenvalue weighted by molar-refractivity contribution is 5.98. The standard InChI is InChI=1S/C24H37F3N4O4/c1-15(2)28-23(33)29-18-7-8-19-20(11-18)35-14-17(4)31(10-9-24(25,26)27)12-16(3)21(34-6)13-30(5)22(19)32/h7-8,11,15-17,21H,9-10,12-14H2,1-6H3,(H2,28,29,33)/t16-,17-,21+/m1/s1. The molecule has 0 bridgehead atoms. The third-order valence-electron chi connectivity index (χ3n) is 5.94. The lowest BCUT2D eigenvalue weighted by Crippen LogP contribution is -2.47. The first-order chi connectivity index (χ1) is 16.3. The van der Waals surface area contributed by atoms with E-state index in [1.165, 1.54) is 12.0 Å². The number of halogens is 3. The number of anilines is 1. The van der Waals surface area contributed by atoms with Gasteiger partial charge in [0.15, 0.2) is 0 Å². The van der Waals surface area contributed by atoms with Crippen molar-refractivity contribution < 1.29 is 32.2 Å². The van der Waals surface area contributed by atoms with E-state index in [-0.39, 0.29) is 55.5 Å². The molecule has 1 aliphatic rings. The molecule has 11 heteroatoms. The van der Waals surface area contributed by atoms with Crippen LogP contribution in [0.4, 0.5) is 23.7 Å². The van der Waals surface area contributed by atoms with Crippen LogP contribution in [-0.2, 0) is 4.74 Å². The lowest BCUT2D eigenvalue weighted by Gasteiger charge is -2.36. The number of hydrogen-bond acceptors (Lipinski definition) is 5. The minimum Gasteiger partial charge on any atom is -0.491 e. The summed E-state index contributed by atoms with van der Waals surface area (Å²) in [4.78, 5) is 28.6. The van der Waals surface area contributed by atoms with Gasteiger partial charge < -0.3 is 25.0 Å². The van der Waals surface area contributed by atoms with E-state index < -0.39 is 18.6 Å². The summed E-state index contributed by atoms with van der Waals surface area (Å²) in [7, 11) is 3.18. The van der Waals surface area contributed by atoms with Crippen molar-refractivity contribution in [2.24, 2.45) is 5.92 Å². The number of nitrogens with zero attached hydrogens (tertiary/aromatic N) is 2. The molecule has 1 aromatic rings. The predicted octanol–water partition coefficient (Wildman–Crippen LogP) is 3.97. The van der Waals surface area contributed by atoms with Crippen molar-refractivity contribution in [1.82, 2.24) is 15.1 Å². The van der Waals surface area contributed by atoms with E-state index in [0.717, 1.165) is 0 Å². The molecular weight excluding hydrogens is 465 g/mol. The molecule has 35 heavy (non-hydrogen) atoms. The fraction of sp³-hybridized carbons (Fsp3) is 0.667. The summed E-state index contributed by atoms with van der Waals surface area (Å²) in [5, 5.41) is 5.42. The molecule has 2 N–H and O–H groups in total. The predicted molar refractivity (Wildman–Crippen MR) is 128 cm³/mol. The average Bonchev–Trinajstić information content (AvgIpc) is 2.76. The van der Waals surface area contributed by atoms with Gasteiger partial charge in [-0.05, 0) is 38.8 Å². The molecule has 0 fully saturated rings. The topological polar surface area (TPSA) is 83.1 Å². The maximum Gasteiger partial charge on any atom is 0.390 e. The van der Waals surface area contributed by atoms with E-state index in [1.807, 2.05) is 20.8 Å². The quantitative estimate of drug-likeness (QED) is 0.637. The van der Waals surface area contributed by atoms with E-state index in [1.54, 1.807) is 37.1 Å². The second-order valence-electron chi connectivity index (χ2n) is 9.42. The Labute approximate surface area is 205 Å². The molecule has 8 nitrogen and oxygen atoms in total. The monoisotopic (exact) mass is 502 g/mol. The van der Waals surface area contributed by atoms with Gasteiger partial charge in [-0.2, -0.15) is 13.2 Å². The third kappa shape index (κ3) is 8.88. The Morgan fingerprint density at radius 1 is 1.26 bits per heavy atom. The molecule has 1 heterocycles. The Morgan fingerprint density at radius 3 is 2.54 bits per heavy atom. The smallest absolute Gasteiger partial charge is 0.390 e. The molecule has 0 unspecified atom stereocenters. The third-order valence-corrected chi connectivity index (χ3v) is 5.94. The first-order valence-electron chi connectivity index (χ1n) is 11.7. The van der Waals surface area contributed by atoms with Crippen LogP contribution in [0.15, 0.2) is 18.2 Å². The maximum atomic E-state index is 13.2. The van der Waals surface area contributed by atoms with Crippen LogP contribution in [0, 0.1) is 5.92 Å². The highest BCUT2D eigenvalue weighted by atomic mass is 19.4. The molecule has 0 spiro atoms. The van der Waals surface area contributed by atoms with Crippen LogP contribution in [-0.4, -0.2) is 86.5 Å². The molecule has 0 radical (unpaired) electrons. The highest BCUT2D eigenvalue weighted by Crippen LogP contribution is 2.27. The van der Waals surface area contributed by atoms with Crippen molar-refractivity contribution in [3.63, 3.8) is 0 Å². The number of benzene rings is 1. The van der Waals surface area contributed by atoms with Gasteiger partial charge in [0, 0.05) is 57.6 Å². The van der Waals surface area contributed by atoms with Gasteiger partial charge >= 0.3 is 12.2 Å². The summed E-state index contributed by atoms with van der Waals surface area (Å²) in [6.45, 7) is 7.86. The number of rotatable bonds is 5. The van der Waals surface area contributed by atoms with E-state index >= 15 is 0 Å². The number of nitrogens with one attached hydrogen (secondary N) is 2. The van der Waals surface area contributed by atoms with Gasteiger partial charge in [0.25, 0.3) is 5.91 Å². The Balaban J connectivity index is 2.37. The fourth-order valence-electron chi connectivity index (χ4n) is 3.94. The molecule has 3 amide bonds. The maximum absolute atomic E-state index is 13.2. The van der Waals surface area contributed by atoms with Crippen molar-refractivity contribution in [2.45, 2.75) is 58.5 Å².